The van der Waals surface area contributed by atoms with Gasteiger partial charge in [-0.2, -0.15) is 0 Å². The molecule has 0 atom stereocenters. The Morgan fingerprint density at radius 3 is 2.74 bits per heavy atom. The Bertz CT molecular complexity index is 695. The van der Waals surface area contributed by atoms with E-state index in [0.29, 0.717) is 5.69 Å². The van der Waals surface area contributed by atoms with Gasteiger partial charge in [-0.3, -0.25) is 9.59 Å². The number of benzene rings is 1. The lowest BCUT2D eigenvalue weighted by Gasteiger charge is -2.07. The summed E-state index contributed by atoms with van der Waals surface area (Å²) in [7, 11) is 0. The molecule has 0 saturated heterocycles. The number of rotatable bonds is 2. The highest BCUT2D eigenvalue weighted by atomic mass is 19.1. The van der Waals surface area contributed by atoms with Crippen LogP contribution in [-0.4, -0.2) is 16.0 Å². The number of aromatic amines is 1. The first-order valence-electron chi connectivity index (χ1n) is 5.47. The average molecular weight is 262 g/mol. The number of hydrogen-bond donors (Lipinski definition) is 3. The maximum absolute atomic E-state index is 13.0. The van der Waals surface area contributed by atoms with Gasteiger partial charge in [0.2, 0.25) is 0 Å². The topological polar surface area (TPSA) is 82.2 Å². The average Bonchev–Trinajstić information content (AvgIpc) is 2.33. The third kappa shape index (κ3) is 2.79. The number of H-pyrrole nitrogens is 1. The number of amides is 1. The van der Waals surface area contributed by atoms with E-state index >= 15 is 0 Å². The van der Waals surface area contributed by atoms with Crippen molar-refractivity contribution in [1.82, 2.24) is 4.98 Å². The minimum absolute atomic E-state index is 0.0926. The maximum atomic E-state index is 13.0. The highest BCUT2D eigenvalue weighted by Crippen LogP contribution is 2.23. The van der Waals surface area contributed by atoms with E-state index < -0.39 is 17.3 Å². The molecule has 0 unspecified atom stereocenters. The molecule has 2 aromatic rings. The molecule has 3 N–H and O–H groups in total. The van der Waals surface area contributed by atoms with E-state index in [1.165, 1.54) is 6.07 Å². The van der Waals surface area contributed by atoms with Crippen LogP contribution in [0.5, 0.6) is 5.75 Å². The molecular formula is C13H11FN2O3. The molecule has 0 spiro atoms. The van der Waals surface area contributed by atoms with Gasteiger partial charge < -0.3 is 15.4 Å². The van der Waals surface area contributed by atoms with Crippen LogP contribution in [0.4, 0.5) is 10.1 Å². The van der Waals surface area contributed by atoms with Crippen molar-refractivity contribution in [3.05, 3.63) is 57.8 Å². The van der Waals surface area contributed by atoms with Gasteiger partial charge in [-0.05, 0) is 31.2 Å². The molecule has 5 nitrogen and oxygen atoms in total. The van der Waals surface area contributed by atoms with E-state index in [0.717, 1.165) is 18.2 Å². The molecule has 19 heavy (non-hydrogen) atoms. The highest BCUT2D eigenvalue weighted by molar-refractivity contribution is 6.04. The number of nitrogens with one attached hydrogen (secondary N) is 2. The molecule has 0 fully saturated rings. The normalized spacial score (nSPS) is 10.2. The number of carbonyl (C=O) groups is 1. The van der Waals surface area contributed by atoms with Crippen LogP contribution in [0.3, 0.4) is 0 Å². The Kier molecular flexibility index (Phi) is 3.33. The largest absolute Gasteiger partial charge is 0.506 e. The second-order valence-electron chi connectivity index (χ2n) is 4.00. The fraction of sp³-hybridized carbons (Fsp3) is 0.0769. The van der Waals surface area contributed by atoms with E-state index in [1.54, 1.807) is 13.0 Å². The minimum Gasteiger partial charge on any atom is -0.506 e. The van der Waals surface area contributed by atoms with Crippen molar-refractivity contribution in [3.8, 4) is 5.75 Å². The summed E-state index contributed by atoms with van der Waals surface area (Å²) < 4.78 is 13.0. The molecule has 0 saturated carbocycles. The SMILES string of the molecule is Cc1ccc(C(=O)Nc2cc(F)ccc2O)c(=O)[nH]1. The van der Waals surface area contributed by atoms with E-state index in [9.17, 15) is 19.1 Å². The summed E-state index contributed by atoms with van der Waals surface area (Å²) in [6.45, 7) is 1.68. The molecule has 0 bridgehead atoms. The monoisotopic (exact) mass is 262 g/mol. The Morgan fingerprint density at radius 2 is 2.05 bits per heavy atom. The van der Waals surface area contributed by atoms with Gasteiger partial charge in [-0.1, -0.05) is 0 Å². The number of halogens is 1. The van der Waals surface area contributed by atoms with Gasteiger partial charge >= 0.3 is 0 Å². The third-order valence-electron chi connectivity index (χ3n) is 2.51. The molecule has 0 radical (unpaired) electrons. The van der Waals surface area contributed by atoms with Gasteiger partial charge in [0.05, 0.1) is 5.69 Å². The molecule has 6 heteroatoms. The van der Waals surface area contributed by atoms with Crippen LogP contribution in [0.25, 0.3) is 0 Å². The minimum atomic E-state index is -0.720. The Labute approximate surface area is 107 Å². The van der Waals surface area contributed by atoms with Gasteiger partial charge in [-0.15, -0.1) is 0 Å². The lowest BCUT2D eigenvalue weighted by molar-refractivity contribution is 0.102. The number of pyridine rings is 1. The molecule has 2 rings (SSSR count). The van der Waals surface area contributed by atoms with Crippen molar-refractivity contribution < 1.29 is 14.3 Å². The van der Waals surface area contributed by atoms with Crippen LogP contribution in [0, 0.1) is 12.7 Å². The number of phenolic OH excluding ortho intramolecular Hbond substituents is 1. The van der Waals surface area contributed by atoms with Gasteiger partial charge in [0.15, 0.2) is 0 Å². The van der Waals surface area contributed by atoms with Crippen molar-refractivity contribution in [2.24, 2.45) is 0 Å². The first-order chi connectivity index (χ1) is 8.97. The zero-order valence-corrected chi connectivity index (χ0v) is 10.0. The number of aromatic nitrogens is 1. The van der Waals surface area contributed by atoms with Crippen LogP contribution in [0.1, 0.15) is 16.1 Å². The van der Waals surface area contributed by atoms with Crippen molar-refractivity contribution >= 4 is 11.6 Å². The zero-order valence-electron chi connectivity index (χ0n) is 10.0. The van der Waals surface area contributed by atoms with Gasteiger partial charge in [-0.25, -0.2) is 4.39 Å². The number of aryl methyl sites for hydroxylation is 1. The smallest absolute Gasteiger partial charge is 0.261 e. The third-order valence-corrected chi connectivity index (χ3v) is 2.51. The first kappa shape index (κ1) is 12.8. The number of hydrogen-bond acceptors (Lipinski definition) is 3. The molecule has 0 aliphatic heterocycles. The van der Waals surface area contributed by atoms with Gasteiger partial charge in [0, 0.05) is 11.8 Å². The number of carbonyl (C=O) groups excluding carboxylic acids is 1. The van der Waals surface area contributed by atoms with Crippen LogP contribution < -0.4 is 10.9 Å². The predicted octanol–water partition coefficient (Wildman–Crippen LogP) is 1.78. The number of anilines is 1. The maximum Gasteiger partial charge on any atom is 0.261 e. The Hall–Kier alpha value is -2.63. The molecule has 1 heterocycles. The van der Waals surface area contributed by atoms with E-state index in [1.807, 2.05) is 0 Å². The first-order valence-corrected chi connectivity index (χ1v) is 5.47. The summed E-state index contributed by atoms with van der Waals surface area (Å²) in [4.78, 5) is 25.9. The quantitative estimate of drug-likeness (QED) is 0.721. The summed E-state index contributed by atoms with van der Waals surface area (Å²) in [6, 6.07) is 6.07. The summed E-state index contributed by atoms with van der Waals surface area (Å²) in [6.07, 6.45) is 0. The number of phenols is 1. The fourth-order valence-corrected chi connectivity index (χ4v) is 1.55. The van der Waals surface area contributed by atoms with Crippen molar-refractivity contribution in [2.75, 3.05) is 5.32 Å². The molecule has 1 aromatic carbocycles. The van der Waals surface area contributed by atoms with Crippen LogP contribution in [0.15, 0.2) is 35.1 Å². The van der Waals surface area contributed by atoms with E-state index in [4.69, 9.17) is 0 Å². The Morgan fingerprint density at radius 1 is 1.32 bits per heavy atom. The summed E-state index contributed by atoms with van der Waals surface area (Å²) in [5.41, 5.74) is -0.136. The summed E-state index contributed by atoms with van der Waals surface area (Å²) >= 11 is 0. The molecule has 98 valence electrons. The summed E-state index contributed by atoms with van der Waals surface area (Å²) in [5, 5.41) is 11.8. The van der Waals surface area contributed by atoms with Crippen LogP contribution in [0.2, 0.25) is 0 Å². The molecular weight excluding hydrogens is 251 g/mol. The Balaban J connectivity index is 2.31. The lowest BCUT2D eigenvalue weighted by atomic mass is 10.2. The van der Waals surface area contributed by atoms with E-state index in [2.05, 4.69) is 10.3 Å². The zero-order chi connectivity index (χ0) is 14.0. The van der Waals surface area contributed by atoms with Crippen molar-refractivity contribution in [2.45, 2.75) is 6.92 Å². The van der Waals surface area contributed by atoms with Crippen molar-refractivity contribution in [3.63, 3.8) is 0 Å². The van der Waals surface area contributed by atoms with Gasteiger partial charge in [0.1, 0.15) is 17.1 Å². The highest BCUT2D eigenvalue weighted by Gasteiger charge is 2.13. The van der Waals surface area contributed by atoms with Gasteiger partial charge in [0.25, 0.3) is 11.5 Å². The second kappa shape index (κ2) is 4.93. The van der Waals surface area contributed by atoms with Crippen LogP contribution >= 0.6 is 0 Å². The standard InChI is InChI=1S/C13H11FN2O3/c1-7-2-4-9(12(18)15-7)13(19)16-10-6-8(14)3-5-11(10)17/h2-6,17H,1H3,(H,15,18)(H,16,19). The summed E-state index contributed by atoms with van der Waals surface area (Å²) in [5.74, 6) is -1.61. The fourth-order valence-electron chi connectivity index (χ4n) is 1.55. The molecule has 0 aliphatic carbocycles. The number of aromatic hydroxyl groups is 1. The molecule has 1 amide bonds. The lowest BCUT2D eigenvalue weighted by Crippen LogP contribution is -2.23. The van der Waals surface area contributed by atoms with Crippen molar-refractivity contribution in [1.29, 1.82) is 0 Å². The predicted molar refractivity (Wildman–Crippen MR) is 67.8 cm³/mol. The van der Waals surface area contributed by atoms with Crippen LogP contribution in [-0.2, 0) is 0 Å². The molecule has 1 aromatic heterocycles. The second-order valence-corrected chi connectivity index (χ2v) is 4.00. The van der Waals surface area contributed by atoms with E-state index in [-0.39, 0.29) is 17.0 Å². The molecule has 0 aliphatic rings.